The van der Waals surface area contributed by atoms with Crippen molar-refractivity contribution < 1.29 is 14.6 Å². The van der Waals surface area contributed by atoms with Gasteiger partial charge in [0, 0.05) is 12.3 Å². The summed E-state index contributed by atoms with van der Waals surface area (Å²) in [6.45, 7) is 8.09. The molecule has 6 atom stereocenters. The fraction of sp³-hybridized carbons (Fsp3) is 0.800. The molecule has 100 valence electrons. The van der Waals surface area contributed by atoms with Gasteiger partial charge in [0.2, 0.25) is 0 Å². The van der Waals surface area contributed by atoms with Gasteiger partial charge in [0.15, 0.2) is 0 Å². The van der Waals surface area contributed by atoms with Crippen molar-refractivity contribution in [2.75, 3.05) is 0 Å². The molecule has 0 aromatic rings. The standard InChI is InChI=1S/C15H22O3/c1-8-6-13-11(9(2)14(16)18-13)7-12-10(8)4-5-15(12,3)17/h9-13,17H,1,4-7H2,2-3H3/t9-,10-,11-,12-,13+,15-/m1/s1. The summed E-state index contributed by atoms with van der Waals surface area (Å²) in [5.41, 5.74) is 0.570. The number of rotatable bonds is 0. The molecule has 0 unspecified atom stereocenters. The molecule has 2 saturated carbocycles. The Morgan fingerprint density at radius 1 is 1.50 bits per heavy atom. The first-order valence-corrected chi connectivity index (χ1v) is 7.00. The number of hydrogen-bond acceptors (Lipinski definition) is 3. The van der Waals surface area contributed by atoms with Crippen LogP contribution in [0.15, 0.2) is 12.2 Å². The minimum absolute atomic E-state index is 0.00130. The molecular weight excluding hydrogens is 228 g/mol. The second-order valence-corrected chi connectivity index (χ2v) is 6.63. The van der Waals surface area contributed by atoms with Gasteiger partial charge in [0.05, 0.1) is 11.5 Å². The molecule has 3 rings (SSSR count). The molecule has 3 nitrogen and oxygen atoms in total. The maximum Gasteiger partial charge on any atom is 0.309 e. The van der Waals surface area contributed by atoms with Gasteiger partial charge in [-0.3, -0.25) is 4.79 Å². The number of carbonyl (C=O) groups is 1. The number of hydrogen-bond donors (Lipinski definition) is 1. The minimum Gasteiger partial charge on any atom is -0.461 e. The number of aliphatic hydroxyl groups is 1. The Bertz CT molecular complexity index is 399. The monoisotopic (exact) mass is 250 g/mol. The van der Waals surface area contributed by atoms with Crippen LogP contribution >= 0.6 is 0 Å². The van der Waals surface area contributed by atoms with E-state index in [-0.39, 0.29) is 29.8 Å². The number of esters is 1. The first-order chi connectivity index (χ1) is 8.40. The van der Waals surface area contributed by atoms with Gasteiger partial charge in [-0.2, -0.15) is 0 Å². The van der Waals surface area contributed by atoms with Crippen molar-refractivity contribution in [3.8, 4) is 0 Å². The van der Waals surface area contributed by atoms with Crippen molar-refractivity contribution in [3.05, 3.63) is 12.2 Å². The molecule has 3 heteroatoms. The summed E-state index contributed by atoms with van der Waals surface area (Å²) in [7, 11) is 0. The summed E-state index contributed by atoms with van der Waals surface area (Å²) in [5.74, 6) is 0.814. The fourth-order valence-corrected chi connectivity index (χ4v) is 4.27. The third kappa shape index (κ3) is 1.63. The van der Waals surface area contributed by atoms with E-state index in [0.717, 1.165) is 25.7 Å². The van der Waals surface area contributed by atoms with Gasteiger partial charge in [0.1, 0.15) is 6.10 Å². The Morgan fingerprint density at radius 3 is 2.94 bits per heavy atom. The molecular formula is C15H22O3. The fourth-order valence-electron chi connectivity index (χ4n) is 4.27. The largest absolute Gasteiger partial charge is 0.461 e. The van der Waals surface area contributed by atoms with E-state index in [1.54, 1.807) is 0 Å². The Balaban J connectivity index is 1.92. The van der Waals surface area contributed by atoms with E-state index in [2.05, 4.69) is 6.58 Å². The van der Waals surface area contributed by atoms with Crippen molar-refractivity contribution in [3.63, 3.8) is 0 Å². The Kier molecular flexibility index (Phi) is 2.60. The van der Waals surface area contributed by atoms with Gasteiger partial charge in [-0.25, -0.2) is 0 Å². The molecule has 0 spiro atoms. The normalized spacial score (nSPS) is 51.6. The lowest BCUT2D eigenvalue weighted by molar-refractivity contribution is -0.143. The summed E-state index contributed by atoms with van der Waals surface area (Å²) in [5, 5.41) is 10.5. The Morgan fingerprint density at radius 2 is 2.22 bits per heavy atom. The molecule has 1 aliphatic heterocycles. The van der Waals surface area contributed by atoms with E-state index >= 15 is 0 Å². The Hall–Kier alpha value is -0.830. The molecule has 1 N–H and O–H groups in total. The number of carbonyl (C=O) groups excluding carboxylic acids is 1. The van der Waals surface area contributed by atoms with Crippen LogP contribution in [0, 0.1) is 23.7 Å². The van der Waals surface area contributed by atoms with Gasteiger partial charge < -0.3 is 9.84 Å². The van der Waals surface area contributed by atoms with Gasteiger partial charge in [-0.1, -0.05) is 19.1 Å². The highest BCUT2D eigenvalue weighted by Gasteiger charge is 2.53. The van der Waals surface area contributed by atoms with E-state index in [4.69, 9.17) is 4.74 Å². The molecule has 0 aromatic carbocycles. The van der Waals surface area contributed by atoms with Crippen molar-refractivity contribution >= 4 is 5.97 Å². The second-order valence-electron chi connectivity index (χ2n) is 6.63. The molecule has 3 fully saturated rings. The third-order valence-electron chi connectivity index (χ3n) is 5.52. The summed E-state index contributed by atoms with van der Waals surface area (Å²) < 4.78 is 5.48. The zero-order valence-electron chi connectivity index (χ0n) is 11.2. The van der Waals surface area contributed by atoms with E-state index < -0.39 is 5.60 Å². The SMILES string of the molecule is C=C1C[C@@H]2OC(=O)[C@H](C)[C@H]2C[C@@H]2[C@@H]1CC[C@@]2(C)O. The molecule has 2 aliphatic carbocycles. The van der Waals surface area contributed by atoms with Gasteiger partial charge in [-0.15, -0.1) is 0 Å². The van der Waals surface area contributed by atoms with Gasteiger partial charge in [0.25, 0.3) is 0 Å². The average molecular weight is 250 g/mol. The van der Waals surface area contributed by atoms with Crippen molar-refractivity contribution in [1.82, 2.24) is 0 Å². The first kappa shape index (κ1) is 12.2. The molecule has 0 bridgehead atoms. The van der Waals surface area contributed by atoms with Crippen LogP contribution in [0.5, 0.6) is 0 Å². The van der Waals surface area contributed by atoms with E-state index in [1.807, 2.05) is 13.8 Å². The Labute approximate surface area is 108 Å². The zero-order chi connectivity index (χ0) is 13.1. The molecule has 3 aliphatic rings. The van der Waals surface area contributed by atoms with Crippen LogP contribution in [-0.2, 0) is 9.53 Å². The van der Waals surface area contributed by atoms with Crippen LogP contribution in [0.3, 0.4) is 0 Å². The van der Waals surface area contributed by atoms with Crippen LogP contribution in [0.2, 0.25) is 0 Å². The average Bonchev–Trinajstić information content (AvgIpc) is 2.65. The van der Waals surface area contributed by atoms with Crippen LogP contribution < -0.4 is 0 Å². The second kappa shape index (κ2) is 3.83. The molecule has 1 heterocycles. The van der Waals surface area contributed by atoms with Crippen molar-refractivity contribution in [1.29, 1.82) is 0 Å². The maximum atomic E-state index is 11.7. The van der Waals surface area contributed by atoms with Crippen LogP contribution in [0.25, 0.3) is 0 Å². The van der Waals surface area contributed by atoms with E-state index in [9.17, 15) is 9.90 Å². The molecule has 0 amide bonds. The third-order valence-corrected chi connectivity index (χ3v) is 5.52. The summed E-state index contributed by atoms with van der Waals surface area (Å²) >= 11 is 0. The predicted octanol–water partition coefficient (Wildman–Crippen LogP) is 2.29. The maximum absolute atomic E-state index is 11.7. The summed E-state index contributed by atoms with van der Waals surface area (Å²) in [6, 6.07) is 0. The van der Waals surface area contributed by atoms with Crippen LogP contribution in [-0.4, -0.2) is 22.8 Å². The highest BCUT2D eigenvalue weighted by molar-refractivity contribution is 5.75. The zero-order valence-corrected chi connectivity index (χ0v) is 11.2. The van der Waals surface area contributed by atoms with Crippen LogP contribution in [0.4, 0.5) is 0 Å². The van der Waals surface area contributed by atoms with Crippen molar-refractivity contribution in [2.45, 2.75) is 51.2 Å². The summed E-state index contributed by atoms with van der Waals surface area (Å²) in [6.07, 6.45) is 3.56. The smallest absolute Gasteiger partial charge is 0.309 e. The van der Waals surface area contributed by atoms with Crippen molar-refractivity contribution in [2.24, 2.45) is 23.7 Å². The summed E-state index contributed by atoms with van der Waals surface area (Å²) in [4.78, 5) is 11.7. The van der Waals surface area contributed by atoms with Crippen LogP contribution in [0.1, 0.15) is 39.5 Å². The first-order valence-electron chi connectivity index (χ1n) is 7.00. The number of fused-ring (bicyclic) bond motifs is 2. The lowest BCUT2D eigenvalue weighted by atomic mass is 9.77. The topological polar surface area (TPSA) is 46.5 Å². The highest BCUT2D eigenvalue weighted by Crippen LogP contribution is 2.53. The van der Waals surface area contributed by atoms with E-state index in [0.29, 0.717) is 5.92 Å². The molecule has 1 saturated heterocycles. The lowest BCUT2D eigenvalue weighted by Crippen LogP contribution is -2.34. The number of ether oxygens (including phenoxy) is 1. The molecule has 0 radical (unpaired) electrons. The molecule has 18 heavy (non-hydrogen) atoms. The lowest BCUT2D eigenvalue weighted by Gasteiger charge is -2.30. The van der Waals surface area contributed by atoms with E-state index in [1.165, 1.54) is 5.57 Å². The molecule has 0 aromatic heterocycles. The minimum atomic E-state index is -0.603. The predicted molar refractivity (Wildman–Crippen MR) is 67.7 cm³/mol. The highest BCUT2D eigenvalue weighted by atomic mass is 16.6. The van der Waals surface area contributed by atoms with Gasteiger partial charge in [-0.05, 0) is 38.0 Å². The van der Waals surface area contributed by atoms with Gasteiger partial charge >= 0.3 is 5.97 Å². The quantitative estimate of drug-likeness (QED) is 0.530.